The highest BCUT2D eigenvalue weighted by atomic mass is 32.2. The van der Waals surface area contributed by atoms with Gasteiger partial charge in [-0.05, 0) is 49.7 Å². The summed E-state index contributed by atoms with van der Waals surface area (Å²) in [6.07, 6.45) is -5.00. The highest BCUT2D eigenvalue weighted by Gasteiger charge is 2.38. The van der Waals surface area contributed by atoms with Crippen molar-refractivity contribution in [3.8, 4) is 0 Å². The fourth-order valence-corrected chi connectivity index (χ4v) is 3.42. The number of hydrogen-bond acceptors (Lipinski definition) is 3. The van der Waals surface area contributed by atoms with Gasteiger partial charge in [-0.2, -0.15) is 13.2 Å². The number of nitrogens with one attached hydrogen (secondary N) is 2. The molecule has 0 atom stereocenters. The van der Waals surface area contributed by atoms with Crippen LogP contribution in [0.3, 0.4) is 0 Å². The van der Waals surface area contributed by atoms with Crippen LogP contribution in [0.5, 0.6) is 0 Å². The highest BCUT2D eigenvalue weighted by molar-refractivity contribution is 7.92. The normalized spacial score (nSPS) is 11.9. The number of anilines is 2. The first-order chi connectivity index (χ1) is 11.5. The van der Waals surface area contributed by atoms with E-state index in [-0.39, 0.29) is 16.3 Å². The molecule has 0 aliphatic carbocycles. The molecule has 0 aliphatic heterocycles. The number of rotatable bonds is 4. The van der Waals surface area contributed by atoms with Crippen LogP contribution in [-0.4, -0.2) is 20.5 Å². The molecule has 0 fully saturated rings. The van der Waals surface area contributed by atoms with Crippen molar-refractivity contribution in [1.82, 2.24) is 0 Å². The highest BCUT2D eigenvalue weighted by Crippen LogP contribution is 2.23. The predicted molar refractivity (Wildman–Crippen MR) is 87.9 cm³/mol. The zero-order valence-electron chi connectivity index (χ0n) is 13.3. The molecule has 5 nitrogen and oxygen atoms in total. The lowest BCUT2D eigenvalue weighted by molar-refractivity contribution is -0.167. The van der Waals surface area contributed by atoms with Crippen LogP contribution < -0.4 is 10.0 Å². The van der Waals surface area contributed by atoms with E-state index < -0.39 is 22.1 Å². The van der Waals surface area contributed by atoms with Gasteiger partial charge in [0, 0.05) is 11.4 Å². The van der Waals surface area contributed by atoms with Gasteiger partial charge in [0.2, 0.25) is 0 Å². The van der Waals surface area contributed by atoms with Gasteiger partial charge in [0.15, 0.2) is 0 Å². The number of benzene rings is 2. The third-order valence-corrected chi connectivity index (χ3v) is 4.81. The van der Waals surface area contributed by atoms with Crippen LogP contribution in [0.4, 0.5) is 24.5 Å². The lowest BCUT2D eigenvalue weighted by Gasteiger charge is -2.12. The molecular weight excluding hydrogens is 357 g/mol. The number of halogens is 3. The first kappa shape index (κ1) is 18.8. The monoisotopic (exact) mass is 372 g/mol. The predicted octanol–water partition coefficient (Wildman–Crippen LogP) is 3.61. The number of sulfonamides is 1. The Balaban J connectivity index is 2.16. The second-order valence-corrected chi connectivity index (χ2v) is 7.05. The fourth-order valence-electron chi connectivity index (χ4n) is 2.13. The van der Waals surface area contributed by atoms with Crippen LogP contribution in [-0.2, 0) is 14.8 Å². The number of amides is 1. The Kier molecular flexibility index (Phi) is 5.07. The number of carbonyl (C=O) groups excluding carboxylic acids is 1. The summed E-state index contributed by atoms with van der Waals surface area (Å²) in [5, 5.41) is 1.68. The standard InChI is InChI=1S/C16H15F3N2O3S/c1-10-3-8-14(11(2)9-10)25(23,24)21-13-6-4-12(5-7-13)20-15(22)16(17,18)19/h3-9,21H,1-2H3,(H,20,22). The van der Waals surface area contributed by atoms with Gasteiger partial charge in [0.1, 0.15) is 0 Å². The molecule has 2 aromatic carbocycles. The second kappa shape index (κ2) is 6.75. The maximum Gasteiger partial charge on any atom is 0.471 e. The quantitative estimate of drug-likeness (QED) is 0.861. The van der Waals surface area contributed by atoms with Gasteiger partial charge in [-0.25, -0.2) is 8.42 Å². The van der Waals surface area contributed by atoms with Gasteiger partial charge in [0.25, 0.3) is 10.0 Å². The van der Waals surface area contributed by atoms with E-state index >= 15 is 0 Å². The van der Waals surface area contributed by atoms with Crippen molar-refractivity contribution in [3.63, 3.8) is 0 Å². The Morgan fingerprint density at radius 2 is 1.52 bits per heavy atom. The van der Waals surface area contributed by atoms with E-state index in [4.69, 9.17) is 0 Å². The van der Waals surface area contributed by atoms with E-state index in [1.807, 2.05) is 6.92 Å². The van der Waals surface area contributed by atoms with Crippen LogP contribution in [0.15, 0.2) is 47.4 Å². The van der Waals surface area contributed by atoms with Gasteiger partial charge in [-0.15, -0.1) is 0 Å². The molecule has 0 aliphatic rings. The Labute approximate surface area is 142 Å². The molecule has 0 spiro atoms. The summed E-state index contributed by atoms with van der Waals surface area (Å²) in [5.41, 5.74) is 1.55. The molecule has 0 aromatic heterocycles. The SMILES string of the molecule is Cc1ccc(S(=O)(=O)Nc2ccc(NC(=O)C(F)(F)F)cc2)c(C)c1. The summed E-state index contributed by atoms with van der Waals surface area (Å²) in [6, 6.07) is 9.72. The Bertz CT molecular complexity index is 892. The summed E-state index contributed by atoms with van der Waals surface area (Å²) in [4.78, 5) is 11.0. The van der Waals surface area contributed by atoms with Gasteiger partial charge in [0.05, 0.1) is 4.90 Å². The van der Waals surface area contributed by atoms with Crippen LogP contribution in [0.1, 0.15) is 11.1 Å². The third-order valence-electron chi connectivity index (χ3n) is 3.27. The summed E-state index contributed by atoms with van der Waals surface area (Å²) < 4.78 is 63.7. The Morgan fingerprint density at radius 1 is 0.960 bits per heavy atom. The van der Waals surface area contributed by atoms with Crippen molar-refractivity contribution in [3.05, 3.63) is 53.6 Å². The van der Waals surface area contributed by atoms with Crippen LogP contribution >= 0.6 is 0 Å². The molecule has 2 N–H and O–H groups in total. The van der Waals surface area contributed by atoms with E-state index in [0.29, 0.717) is 5.56 Å². The summed E-state index contributed by atoms with van der Waals surface area (Å²) in [5.74, 6) is -2.10. The number of hydrogen-bond donors (Lipinski definition) is 2. The minimum absolute atomic E-state index is 0.100. The molecule has 0 unspecified atom stereocenters. The minimum atomic E-state index is -5.00. The van der Waals surface area contributed by atoms with Crippen LogP contribution in [0.25, 0.3) is 0 Å². The molecule has 0 bridgehead atoms. The maximum atomic E-state index is 12.4. The molecule has 2 rings (SSSR count). The van der Waals surface area contributed by atoms with Crippen molar-refractivity contribution in [1.29, 1.82) is 0 Å². The largest absolute Gasteiger partial charge is 0.471 e. The Hall–Kier alpha value is -2.55. The first-order valence-corrected chi connectivity index (χ1v) is 8.56. The summed E-state index contributed by atoms with van der Waals surface area (Å²) in [7, 11) is -3.84. The van der Waals surface area contributed by atoms with E-state index in [1.165, 1.54) is 30.3 Å². The van der Waals surface area contributed by atoms with Crippen molar-refractivity contribution in [2.45, 2.75) is 24.9 Å². The molecule has 25 heavy (non-hydrogen) atoms. The molecule has 2 aromatic rings. The molecule has 9 heteroatoms. The molecular formula is C16H15F3N2O3S. The minimum Gasteiger partial charge on any atom is -0.318 e. The van der Waals surface area contributed by atoms with Crippen LogP contribution in [0.2, 0.25) is 0 Å². The fraction of sp³-hybridized carbons (Fsp3) is 0.188. The van der Waals surface area contributed by atoms with E-state index in [9.17, 15) is 26.4 Å². The zero-order valence-corrected chi connectivity index (χ0v) is 14.1. The number of aryl methyl sites for hydroxylation is 2. The summed E-state index contributed by atoms with van der Waals surface area (Å²) in [6.45, 7) is 3.50. The van der Waals surface area contributed by atoms with Gasteiger partial charge in [-0.1, -0.05) is 17.7 Å². The first-order valence-electron chi connectivity index (χ1n) is 7.07. The van der Waals surface area contributed by atoms with E-state index in [0.717, 1.165) is 5.56 Å². The smallest absolute Gasteiger partial charge is 0.318 e. The molecule has 1 amide bonds. The van der Waals surface area contributed by atoms with Crippen LogP contribution in [0, 0.1) is 13.8 Å². The van der Waals surface area contributed by atoms with Gasteiger partial charge < -0.3 is 5.32 Å². The maximum absolute atomic E-state index is 12.4. The molecule has 134 valence electrons. The molecule has 0 radical (unpaired) electrons. The van der Waals surface area contributed by atoms with Crippen molar-refractivity contribution < 1.29 is 26.4 Å². The third kappa shape index (κ3) is 4.72. The lowest BCUT2D eigenvalue weighted by atomic mass is 10.2. The second-order valence-electron chi connectivity index (χ2n) is 5.40. The van der Waals surface area contributed by atoms with Crippen molar-refractivity contribution in [2.75, 3.05) is 10.0 Å². The average Bonchev–Trinajstić information content (AvgIpc) is 2.47. The Morgan fingerprint density at radius 3 is 2.04 bits per heavy atom. The number of carbonyl (C=O) groups is 1. The molecule has 0 heterocycles. The molecule has 0 saturated carbocycles. The number of alkyl halides is 3. The van der Waals surface area contributed by atoms with Gasteiger partial charge >= 0.3 is 12.1 Å². The van der Waals surface area contributed by atoms with E-state index in [1.54, 1.807) is 24.4 Å². The van der Waals surface area contributed by atoms with E-state index in [2.05, 4.69) is 4.72 Å². The average molecular weight is 372 g/mol. The molecule has 0 saturated heterocycles. The van der Waals surface area contributed by atoms with Crippen molar-refractivity contribution >= 4 is 27.3 Å². The van der Waals surface area contributed by atoms with Crippen molar-refractivity contribution in [2.24, 2.45) is 0 Å². The lowest BCUT2D eigenvalue weighted by Crippen LogP contribution is -2.29. The summed E-state index contributed by atoms with van der Waals surface area (Å²) >= 11 is 0. The zero-order chi connectivity index (χ0) is 18.8. The topological polar surface area (TPSA) is 75.3 Å². The van der Waals surface area contributed by atoms with Gasteiger partial charge in [-0.3, -0.25) is 9.52 Å².